The molecule has 3 rings (SSSR count). The SMILES string of the molecule is O=C(NCCSCc1ccc(Cl)cc1)c1ccc2c(c1)CCCC2. The number of carbonyl (C=O) groups excluding carboxylic acids is 1. The fourth-order valence-corrected chi connectivity index (χ4v) is 3.93. The Labute approximate surface area is 153 Å². The van der Waals surface area contributed by atoms with Crippen LogP contribution in [0.3, 0.4) is 0 Å². The van der Waals surface area contributed by atoms with E-state index in [0.29, 0.717) is 6.54 Å². The summed E-state index contributed by atoms with van der Waals surface area (Å²) in [6.45, 7) is 0.689. The van der Waals surface area contributed by atoms with Crippen molar-refractivity contribution >= 4 is 29.3 Å². The van der Waals surface area contributed by atoms with Crippen molar-refractivity contribution in [1.82, 2.24) is 5.32 Å². The monoisotopic (exact) mass is 359 g/mol. The lowest BCUT2D eigenvalue weighted by atomic mass is 9.90. The lowest BCUT2D eigenvalue weighted by Crippen LogP contribution is -2.26. The molecule has 0 radical (unpaired) electrons. The van der Waals surface area contributed by atoms with E-state index in [1.165, 1.54) is 29.5 Å². The molecule has 1 amide bonds. The number of rotatable bonds is 6. The number of carbonyl (C=O) groups is 1. The first-order valence-corrected chi connectivity index (χ1v) is 9.98. The molecule has 4 heteroatoms. The summed E-state index contributed by atoms with van der Waals surface area (Å²) in [6, 6.07) is 14.1. The van der Waals surface area contributed by atoms with Crippen molar-refractivity contribution in [3.63, 3.8) is 0 Å². The van der Waals surface area contributed by atoms with E-state index >= 15 is 0 Å². The van der Waals surface area contributed by atoms with Gasteiger partial charge in [-0.3, -0.25) is 4.79 Å². The number of aryl methyl sites for hydroxylation is 2. The standard InChI is InChI=1S/C20H22ClNOS/c21-19-9-5-15(6-10-19)14-24-12-11-22-20(23)18-8-7-16-3-1-2-4-17(16)13-18/h5-10,13H,1-4,11-12,14H2,(H,22,23). The molecule has 0 unspecified atom stereocenters. The fraction of sp³-hybridized carbons (Fsp3) is 0.350. The molecule has 0 bridgehead atoms. The minimum atomic E-state index is 0.0375. The van der Waals surface area contributed by atoms with Crippen LogP contribution in [0.15, 0.2) is 42.5 Å². The molecule has 2 aromatic carbocycles. The van der Waals surface area contributed by atoms with E-state index in [4.69, 9.17) is 11.6 Å². The average molecular weight is 360 g/mol. The predicted octanol–water partition coefficient (Wildman–Crippen LogP) is 4.88. The van der Waals surface area contributed by atoms with Crippen LogP contribution in [-0.2, 0) is 18.6 Å². The van der Waals surface area contributed by atoms with E-state index in [-0.39, 0.29) is 5.91 Å². The van der Waals surface area contributed by atoms with Gasteiger partial charge >= 0.3 is 0 Å². The molecule has 0 atom stereocenters. The third kappa shape index (κ3) is 4.78. The van der Waals surface area contributed by atoms with Crippen molar-refractivity contribution in [1.29, 1.82) is 0 Å². The third-order valence-corrected chi connectivity index (χ3v) is 5.61. The smallest absolute Gasteiger partial charge is 0.251 e. The van der Waals surface area contributed by atoms with Crippen LogP contribution in [0.4, 0.5) is 0 Å². The van der Waals surface area contributed by atoms with E-state index in [1.807, 2.05) is 42.1 Å². The van der Waals surface area contributed by atoms with Gasteiger partial charge in [0.25, 0.3) is 5.91 Å². The molecule has 2 aromatic rings. The summed E-state index contributed by atoms with van der Waals surface area (Å²) >= 11 is 7.69. The lowest BCUT2D eigenvalue weighted by Gasteiger charge is -2.16. The number of amides is 1. The van der Waals surface area contributed by atoms with Crippen molar-refractivity contribution in [3.05, 3.63) is 69.7 Å². The van der Waals surface area contributed by atoms with Gasteiger partial charge in [-0.1, -0.05) is 29.8 Å². The number of benzene rings is 2. The Morgan fingerprint density at radius 2 is 1.79 bits per heavy atom. The maximum Gasteiger partial charge on any atom is 0.251 e. The molecular weight excluding hydrogens is 338 g/mol. The van der Waals surface area contributed by atoms with Crippen LogP contribution in [0.5, 0.6) is 0 Å². The van der Waals surface area contributed by atoms with E-state index in [1.54, 1.807) is 0 Å². The third-order valence-electron chi connectivity index (χ3n) is 4.32. The first-order chi connectivity index (χ1) is 11.7. The summed E-state index contributed by atoms with van der Waals surface area (Å²) in [7, 11) is 0. The lowest BCUT2D eigenvalue weighted by molar-refractivity contribution is 0.0956. The molecule has 0 saturated carbocycles. The summed E-state index contributed by atoms with van der Waals surface area (Å²) in [4.78, 5) is 12.3. The van der Waals surface area contributed by atoms with E-state index in [9.17, 15) is 4.79 Å². The first kappa shape index (κ1) is 17.4. The summed E-state index contributed by atoms with van der Waals surface area (Å²) in [5.41, 5.74) is 4.81. The number of hydrogen-bond donors (Lipinski definition) is 1. The van der Waals surface area contributed by atoms with Crippen LogP contribution in [-0.4, -0.2) is 18.2 Å². The maximum absolute atomic E-state index is 12.3. The van der Waals surface area contributed by atoms with Gasteiger partial charge in [0.05, 0.1) is 0 Å². The van der Waals surface area contributed by atoms with Gasteiger partial charge in [0, 0.05) is 28.6 Å². The number of hydrogen-bond acceptors (Lipinski definition) is 2. The Bertz CT molecular complexity index is 699. The zero-order valence-corrected chi connectivity index (χ0v) is 15.3. The number of fused-ring (bicyclic) bond motifs is 1. The Morgan fingerprint density at radius 1 is 1.04 bits per heavy atom. The van der Waals surface area contributed by atoms with Gasteiger partial charge in [0.1, 0.15) is 0 Å². The topological polar surface area (TPSA) is 29.1 Å². The van der Waals surface area contributed by atoms with Gasteiger partial charge < -0.3 is 5.32 Å². The second-order valence-electron chi connectivity index (χ2n) is 6.13. The molecule has 0 spiro atoms. The highest BCUT2D eigenvalue weighted by Gasteiger charge is 2.12. The highest BCUT2D eigenvalue weighted by molar-refractivity contribution is 7.98. The molecule has 2 nitrogen and oxygen atoms in total. The number of nitrogens with one attached hydrogen (secondary N) is 1. The molecule has 1 aliphatic rings. The van der Waals surface area contributed by atoms with Crippen molar-refractivity contribution in [2.75, 3.05) is 12.3 Å². The van der Waals surface area contributed by atoms with Crippen molar-refractivity contribution in [2.24, 2.45) is 0 Å². The Morgan fingerprint density at radius 3 is 2.58 bits per heavy atom. The van der Waals surface area contributed by atoms with Crippen LogP contribution in [0.2, 0.25) is 5.02 Å². The summed E-state index contributed by atoms with van der Waals surface area (Å²) < 4.78 is 0. The van der Waals surface area contributed by atoms with Crippen molar-refractivity contribution in [2.45, 2.75) is 31.4 Å². The largest absolute Gasteiger partial charge is 0.351 e. The van der Waals surface area contributed by atoms with E-state index in [0.717, 1.165) is 34.9 Å². The van der Waals surface area contributed by atoms with Gasteiger partial charge in [-0.25, -0.2) is 0 Å². The summed E-state index contributed by atoms with van der Waals surface area (Å²) in [6.07, 6.45) is 4.76. The number of halogens is 1. The fourth-order valence-electron chi connectivity index (χ4n) is 2.98. The van der Waals surface area contributed by atoms with Crippen LogP contribution in [0, 0.1) is 0 Å². The second-order valence-corrected chi connectivity index (χ2v) is 7.67. The number of thioether (sulfide) groups is 1. The second kappa shape index (κ2) is 8.59. The molecule has 24 heavy (non-hydrogen) atoms. The highest BCUT2D eigenvalue weighted by atomic mass is 35.5. The molecule has 0 heterocycles. The molecular formula is C20H22ClNOS. The Hall–Kier alpha value is -1.45. The van der Waals surface area contributed by atoms with Crippen LogP contribution in [0.1, 0.15) is 39.9 Å². The molecule has 0 saturated heterocycles. The normalized spacial score (nSPS) is 13.4. The zero-order valence-electron chi connectivity index (χ0n) is 13.7. The van der Waals surface area contributed by atoms with Crippen LogP contribution < -0.4 is 5.32 Å². The van der Waals surface area contributed by atoms with Gasteiger partial charge in [-0.2, -0.15) is 11.8 Å². The Balaban J connectivity index is 1.41. The van der Waals surface area contributed by atoms with E-state index in [2.05, 4.69) is 17.4 Å². The summed E-state index contributed by atoms with van der Waals surface area (Å²) in [5.74, 6) is 1.88. The molecule has 0 fully saturated rings. The highest BCUT2D eigenvalue weighted by Crippen LogP contribution is 2.22. The Kier molecular flexibility index (Phi) is 6.22. The van der Waals surface area contributed by atoms with Crippen molar-refractivity contribution < 1.29 is 4.79 Å². The molecule has 0 aliphatic heterocycles. The van der Waals surface area contributed by atoms with Crippen LogP contribution in [0.25, 0.3) is 0 Å². The molecule has 1 aliphatic carbocycles. The van der Waals surface area contributed by atoms with Gasteiger partial charge in [-0.15, -0.1) is 0 Å². The quantitative estimate of drug-likeness (QED) is 0.744. The molecule has 1 N–H and O–H groups in total. The van der Waals surface area contributed by atoms with Crippen LogP contribution >= 0.6 is 23.4 Å². The van der Waals surface area contributed by atoms with Gasteiger partial charge in [0.15, 0.2) is 0 Å². The molecule has 0 aromatic heterocycles. The summed E-state index contributed by atoms with van der Waals surface area (Å²) in [5, 5.41) is 3.79. The van der Waals surface area contributed by atoms with Gasteiger partial charge in [0.2, 0.25) is 0 Å². The predicted molar refractivity (Wildman–Crippen MR) is 103 cm³/mol. The minimum absolute atomic E-state index is 0.0375. The first-order valence-electron chi connectivity index (χ1n) is 8.44. The zero-order chi connectivity index (χ0) is 16.8. The average Bonchev–Trinajstić information content (AvgIpc) is 2.62. The van der Waals surface area contributed by atoms with E-state index < -0.39 is 0 Å². The minimum Gasteiger partial charge on any atom is -0.351 e. The molecule has 126 valence electrons. The van der Waals surface area contributed by atoms with Gasteiger partial charge in [-0.05, 0) is 66.6 Å². The maximum atomic E-state index is 12.3. The van der Waals surface area contributed by atoms with Crippen molar-refractivity contribution in [3.8, 4) is 0 Å².